The third-order valence-corrected chi connectivity index (χ3v) is 11.7. The molecule has 1 heteroatoms. The van der Waals surface area contributed by atoms with Gasteiger partial charge in [-0.2, -0.15) is 0 Å². The molecular weight excluding hydrogens is 591 g/mol. The average molecular weight is 640 g/mol. The second kappa shape index (κ2) is 12.7. The smallest absolute Gasteiger partial charge is 0.0468 e. The van der Waals surface area contributed by atoms with Crippen molar-refractivity contribution in [2.24, 2.45) is 0 Å². The van der Waals surface area contributed by atoms with Gasteiger partial charge in [0.05, 0.1) is 0 Å². The number of fused-ring (bicyclic) bond motifs is 7. The van der Waals surface area contributed by atoms with Gasteiger partial charge in [0.1, 0.15) is 0 Å². The molecule has 0 heterocycles. The second-order valence-corrected chi connectivity index (χ2v) is 15.0. The SMILES string of the molecule is CCCCCC1(CCCCC)c2ccccc2-c2ccc(N(c3ccccc3)c3ccc4c(c3)-c3cc5ccccc5cc3C4(C)C)cc21. The van der Waals surface area contributed by atoms with Crippen molar-refractivity contribution in [3.8, 4) is 22.3 Å². The first-order chi connectivity index (χ1) is 24.0. The summed E-state index contributed by atoms with van der Waals surface area (Å²) in [6, 6.07) is 48.5. The molecule has 6 aromatic rings. The lowest BCUT2D eigenvalue weighted by atomic mass is 9.70. The topological polar surface area (TPSA) is 3.24 Å². The van der Waals surface area contributed by atoms with Gasteiger partial charge in [-0.3, -0.25) is 0 Å². The molecule has 246 valence electrons. The summed E-state index contributed by atoms with van der Waals surface area (Å²) >= 11 is 0. The van der Waals surface area contributed by atoms with Gasteiger partial charge >= 0.3 is 0 Å². The number of benzene rings is 6. The van der Waals surface area contributed by atoms with Crippen LogP contribution in [0, 0.1) is 0 Å². The Labute approximate surface area is 293 Å². The molecule has 0 aliphatic heterocycles. The predicted molar refractivity (Wildman–Crippen MR) is 211 cm³/mol. The van der Waals surface area contributed by atoms with E-state index in [1.54, 1.807) is 5.56 Å². The summed E-state index contributed by atoms with van der Waals surface area (Å²) < 4.78 is 0. The van der Waals surface area contributed by atoms with Crippen LogP contribution < -0.4 is 4.90 Å². The largest absolute Gasteiger partial charge is 0.310 e. The van der Waals surface area contributed by atoms with Crippen LogP contribution in [0.1, 0.15) is 101 Å². The molecule has 2 aliphatic carbocycles. The van der Waals surface area contributed by atoms with Crippen LogP contribution >= 0.6 is 0 Å². The summed E-state index contributed by atoms with van der Waals surface area (Å²) in [6.45, 7) is 9.43. The summed E-state index contributed by atoms with van der Waals surface area (Å²) in [5.74, 6) is 0. The molecule has 2 aliphatic rings. The Bertz CT molecular complexity index is 2130. The highest BCUT2D eigenvalue weighted by molar-refractivity contribution is 5.95. The molecule has 49 heavy (non-hydrogen) atoms. The zero-order valence-electron chi connectivity index (χ0n) is 29.7. The van der Waals surface area contributed by atoms with Gasteiger partial charge in [0, 0.05) is 27.9 Å². The van der Waals surface area contributed by atoms with E-state index in [4.69, 9.17) is 0 Å². The molecule has 0 fully saturated rings. The van der Waals surface area contributed by atoms with Crippen LogP contribution in [0.25, 0.3) is 33.0 Å². The number of hydrogen-bond acceptors (Lipinski definition) is 1. The normalized spacial score (nSPS) is 14.7. The highest BCUT2D eigenvalue weighted by Gasteiger charge is 2.42. The van der Waals surface area contributed by atoms with Crippen molar-refractivity contribution in [2.75, 3.05) is 4.90 Å². The molecule has 0 saturated heterocycles. The fourth-order valence-corrected chi connectivity index (χ4v) is 9.19. The Kier molecular flexibility index (Phi) is 8.19. The fourth-order valence-electron chi connectivity index (χ4n) is 9.19. The van der Waals surface area contributed by atoms with Crippen molar-refractivity contribution in [3.05, 3.63) is 150 Å². The predicted octanol–water partition coefficient (Wildman–Crippen LogP) is 14.0. The van der Waals surface area contributed by atoms with Crippen LogP contribution in [-0.4, -0.2) is 0 Å². The number of anilines is 3. The van der Waals surface area contributed by atoms with Crippen LogP contribution in [-0.2, 0) is 10.8 Å². The average Bonchev–Trinajstić information content (AvgIpc) is 3.52. The van der Waals surface area contributed by atoms with E-state index in [0.29, 0.717) is 0 Å². The van der Waals surface area contributed by atoms with E-state index < -0.39 is 0 Å². The number of unbranched alkanes of at least 4 members (excludes halogenated alkanes) is 4. The minimum absolute atomic E-state index is 0.0522. The monoisotopic (exact) mass is 639 g/mol. The summed E-state index contributed by atoms with van der Waals surface area (Å²) in [7, 11) is 0. The van der Waals surface area contributed by atoms with E-state index in [0.717, 1.165) is 0 Å². The zero-order valence-corrected chi connectivity index (χ0v) is 29.7. The molecule has 0 atom stereocenters. The van der Waals surface area contributed by atoms with Gasteiger partial charge in [-0.05, 0) is 117 Å². The standard InChI is InChI=1S/C48H49N/c1-5-7-16-28-48(29-17-8-6-2)44-23-15-14-22-39(44)40-26-24-38(33-46(40)48)49(36-20-10-9-11-21-36)37-25-27-43-42(32-37)41-30-34-18-12-13-19-35(34)31-45(41)47(43,3)4/h9-15,18-27,30-33H,5-8,16-17,28-29H2,1-4H3. The molecule has 0 N–H and O–H groups in total. The highest BCUT2D eigenvalue weighted by atomic mass is 15.1. The van der Waals surface area contributed by atoms with E-state index in [1.165, 1.54) is 118 Å². The first-order valence-electron chi connectivity index (χ1n) is 18.7. The van der Waals surface area contributed by atoms with E-state index >= 15 is 0 Å². The van der Waals surface area contributed by atoms with Gasteiger partial charge in [-0.1, -0.05) is 145 Å². The molecule has 8 rings (SSSR count). The second-order valence-electron chi connectivity index (χ2n) is 15.0. The van der Waals surface area contributed by atoms with Crippen LogP contribution in [0.5, 0.6) is 0 Å². The molecule has 0 radical (unpaired) electrons. The van der Waals surface area contributed by atoms with Crippen LogP contribution in [0.15, 0.2) is 127 Å². The first kappa shape index (κ1) is 31.6. The maximum atomic E-state index is 2.57. The van der Waals surface area contributed by atoms with Crippen LogP contribution in [0.2, 0.25) is 0 Å². The van der Waals surface area contributed by atoms with Gasteiger partial charge in [-0.15, -0.1) is 0 Å². The molecule has 0 spiro atoms. The summed E-state index contributed by atoms with van der Waals surface area (Å²) in [5, 5.41) is 2.62. The molecule has 0 amide bonds. The Balaban J connectivity index is 1.30. The Morgan fingerprint density at radius 2 is 1.02 bits per heavy atom. The Morgan fingerprint density at radius 3 is 1.76 bits per heavy atom. The zero-order chi connectivity index (χ0) is 33.6. The Hall–Kier alpha value is -4.62. The summed E-state index contributed by atoms with van der Waals surface area (Å²) in [5.41, 5.74) is 15.1. The van der Waals surface area contributed by atoms with Crippen molar-refractivity contribution in [2.45, 2.75) is 89.9 Å². The van der Waals surface area contributed by atoms with E-state index in [9.17, 15) is 0 Å². The third kappa shape index (κ3) is 5.21. The van der Waals surface area contributed by atoms with Gasteiger partial charge < -0.3 is 4.90 Å². The minimum atomic E-state index is -0.0548. The summed E-state index contributed by atoms with van der Waals surface area (Å²) in [4.78, 5) is 2.50. The summed E-state index contributed by atoms with van der Waals surface area (Å²) in [6.07, 6.45) is 10.0. The van der Waals surface area contributed by atoms with Gasteiger partial charge in [0.25, 0.3) is 0 Å². The molecule has 6 aromatic carbocycles. The van der Waals surface area contributed by atoms with Gasteiger partial charge in [0.2, 0.25) is 0 Å². The Morgan fingerprint density at radius 1 is 0.429 bits per heavy atom. The maximum absolute atomic E-state index is 2.57. The van der Waals surface area contributed by atoms with E-state index in [2.05, 4.69) is 160 Å². The lowest BCUT2D eigenvalue weighted by Crippen LogP contribution is -2.26. The van der Waals surface area contributed by atoms with E-state index in [-0.39, 0.29) is 10.8 Å². The molecule has 0 bridgehead atoms. The quantitative estimate of drug-likeness (QED) is 0.128. The first-order valence-corrected chi connectivity index (χ1v) is 18.7. The maximum Gasteiger partial charge on any atom is 0.0468 e. The molecule has 0 saturated carbocycles. The molecule has 0 unspecified atom stereocenters. The number of para-hydroxylation sites is 1. The van der Waals surface area contributed by atoms with E-state index in [1.807, 2.05) is 0 Å². The van der Waals surface area contributed by atoms with Gasteiger partial charge in [-0.25, -0.2) is 0 Å². The molecular formula is C48H49N. The number of rotatable bonds is 11. The van der Waals surface area contributed by atoms with Crippen molar-refractivity contribution in [1.82, 2.24) is 0 Å². The molecule has 1 nitrogen and oxygen atoms in total. The van der Waals surface area contributed by atoms with Crippen molar-refractivity contribution >= 4 is 27.8 Å². The number of hydrogen-bond donors (Lipinski definition) is 0. The minimum Gasteiger partial charge on any atom is -0.310 e. The van der Waals surface area contributed by atoms with Crippen molar-refractivity contribution < 1.29 is 0 Å². The fraction of sp³-hybridized carbons (Fsp3) is 0.292. The van der Waals surface area contributed by atoms with Gasteiger partial charge in [0.15, 0.2) is 0 Å². The van der Waals surface area contributed by atoms with Crippen LogP contribution in [0.3, 0.4) is 0 Å². The van der Waals surface area contributed by atoms with Crippen molar-refractivity contribution in [1.29, 1.82) is 0 Å². The third-order valence-electron chi connectivity index (χ3n) is 11.7. The lowest BCUT2D eigenvalue weighted by molar-refractivity contribution is 0.405. The van der Waals surface area contributed by atoms with Crippen molar-refractivity contribution in [3.63, 3.8) is 0 Å². The lowest BCUT2D eigenvalue weighted by Gasteiger charge is -2.34. The molecule has 0 aromatic heterocycles. The highest BCUT2D eigenvalue weighted by Crippen LogP contribution is 2.56. The number of nitrogens with zero attached hydrogens (tertiary/aromatic N) is 1. The van der Waals surface area contributed by atoms with Crippen LogP contribution in [0.4, 0.5) is 17.1 Å².